The Kier molecular flexibility index (Phi) is 3.89. The predicted molar refractivity (Wildman–Crippen MR) is 55.3 cm³/mol. The lowest BCUT2D eigenvalue weighted by Gasteiger charge is -1.83. The van der Waals surface area contributed by atoms with E-state index in [0.717, 1.165) is 17.0 Å². The van der Waals surface area contributed by atoms with E-state index in [2.05, 4.69) is 22.3 Å². The standard InChI is InChI=1S/C9H8N2.C2H6/c1-2-4-8-6-7-10-11-9(8)5-3-1;1-2/h1-2,4-7H,3H2;1-2H3. The van der Waals surface area contributed by atoms with Gasteiger partial charge in [-0.1, -0.05) is 38.2 Å². The third-order valence-corrected chi connectivity index (χ3v) is 1.64. The summed E-state index contributed by atoms with van der Waals surface area (Å²) in [4.78, 5) is 0. The summed E-state index contributed by atoms with van der Waals surface area (Å²) in [5, 5.41) is 9.94. The quantitative estimate of drug-likeness (QED) is 0.587. The molecule has 1 aromatic heterocycles. The first-order valence-electron chi connectivity index (χ1n) is 4.61. The van der Waals surface area contributed by atoms with Crippen LogP contribution in [0.25, 0.3) is 12.2 Å². The van der Waals surface area contributed by atoms with E-state index in [0.29, 0.717) is 0 Å². The average molecular weight is 174 g/mol. The average Bonchev–Trinajstić information content (AvgIpc) is 2.45. The molecule has 0 radical (unpaired) electrons. The maximum Gasteiger partial charge on any atom is 0.0892 e. The van der Waals surface area contributed by atoms with E-state index in [1.807, 2.05) is 32.1 Å². The topological polar surface area (TPSA) is 25.8 Å². The highest BCUT2D eigenvalue weighted by molar-refractivity contribution is 5.41. The molecule has 68 valence electrons. The molecule has 1 aromatic rings. The fourth-order valence-corrected chi connectivity index (χ4v) is 1.08. The van der Waals surface area contributed by atoms with Gasteiger partial charge in [-0.2, -0.15) is 10.2 Å². The zero-order chi connectivity index (χ0) is 9.52. The molecule has 0 aliphatic heterocycles. The van der Waals surface area contributed by atoms with E-state index in [1.54, 1.807) is 6.20 Å². The lowest BCUT2D eigenvalue weighted by Crippen LogP contribution is -2.27. The predicted octanol–water partition coefficient (Wildman–Crippen LogP) is 1.02. The molecule has 0 aromatic carbocycles. The van der Waals surface area contributed by atoms with Crippen LogP contribution in [-0.4, -0.2) is 10.2 Å². The number of hydrogen-bond donors (Lipinski definition) is 0. The molecule has 13 heavy (non-hydrogen) atoms. The molecule has 1 aliphatic carbocycles. The number of hydrogen-bond acceptors (Lipinski definition) is 2. The van der Waals surface area contributed by atoms with Crippen LogP contribution in [0.1, 0.15) is 20.3 Å². The van der Waals surface area contributed by atoms with E-state index in [4.69, 9.17) is 0 Å². The molecule has 0 amide bonds. The summed E-state index contributed by atoms with van der Waals surface area (Å²) in [5.41, 5.74) is 0. The molecule has 1 heterocycles. The van der Waals surface area contributed by atoms with Gasteiger partial charge in [0.1, 0.15) is 0 Å². The van der Waals surface area contributed by atoms with E-state index in [1.165, 1.54) is 0 Å². The molecule has 0 fully saturated rings. The van der Waals surface area contributed by atoms with Gasteiger partial charge in [0.15, 0.2) is 0 Å². The summed E-state index contributed by atoms with van der Waals surface area (Å²) in [7, 11) is 0. The number of nitrogens with zero attached hydrogens (tertiary/aromatic N) is 2. The minimum absolute atomic E-state index is 0.947. The summed E-state index contributed by atoms with van der Waals surface area (Å²) < 4.78 is 0. The first-order valence-corrected chi connectivity index (χ1v) is 4.61. The molecule has 2 nitrogen and oxygen atoms in total. The summed E-state index contributed by atoms with van der Waals surface area (Å²) in [6.45, 7) is 4.00. The highest BCUT2D eigenvalue weighted by Crippen LogP contribution is 1.86. The lowest BCUT2D eigenvalue weighted by molar-refractivity contribution is 0.979. The Morgan fingerprint density at radius 3 is 3.00 bits per heavy atom. The van der Waals surface area contributed by atoms with E-state index >= 15 is 0 Å². The van der Waals surface area contributed by atoms with Crippen molar-refractivity contribution in [2.24, 2.45) is 0 Å². The van der Waals surface area contributed by atoms with Crippen molar-refractivity contribution in [1.29, 1.82) is 0 Å². The fraction of sp³-hybridized carbons (Fsp3) is 0.273. The van der Waals surface area contributed by atoms with E-state index in [9.17, 15) is 0 Å². The number of fused-ring (bicyclic) bond motifs is 1. The highest BCUT2D eigenvalue weighted by Gasteiger charge is 1.86. The molecule has 1 aliphatic rings. The second kappa shape index (κ2) is 5.25. The van der Waals surface area contributed by atoms with Crippen molar-refractivity contribution >= 4 is 12.2 Å². The molecule has 0 saturated carbocycles. The molecule has 0 saturated heterocycles. The first-order chi connectivity index (χ1) is 6.47. The van der Waals surface area contributed by atoms with Crippen molar-refractivity contribution in [2.75, 3.05) is 0 Å². The van der Waals surface area contributed by atoms with Gasteiger partial charge in [0.05, 0.1) is 11.5 Å². The maximum absolute atomic E-state index is 4.00. The van der Waals surface area contributed by atoms with Crippen molar-refractivity contribution in [3.8, 4) is 0 Å². The van der Waals surface area contributed by atoms with Crippen LogP contribution in [0.2, 0.25) is 0 Å². The first kappa shape index (κ1) is 9.65. The highest BCUT2D eigenvalue weighted by atomic mass is 15.1. The minimum Gasteiger partial charge on any atom is -0.159 e. The normalized spacial score (nSPS) is 12.5. The fourth-order valence-electron chi connectivity index (χ4n) is 1.08. The van der Waals surface area contributed by atoms with Crippen molar-refractivity contribution < 1.29 is 0 Å². The van der Waals surface area contributed by atoms with Crippen LogP contribution in [0, 0.1) is 0 Å². The van der Waals surface area contributed by atoms with Gasteiger partial charge in [-0.05, 0) is 12.5 Å². The SMILES string of the molecule is C1=CCC=c2nnccc2=C1.CC. The summed E-state index contributed by atoms with van der Waals surface area (Å²) >= 11 is 0. The molecule has 0 bridgehead atoms. The summed E-state index contributed by atoms with van der Waals surface area (Å²) in [5.74, 6) is 0. The second-order valence-electron chi connectivity index (χ2n) is 2.41. The van der Waals surface area contributed by atoms with Crippen molar-refractivity contribution in [3.63, 3.8) is 0 Å². The monoisotopic (exact) mass is 174 g/mol. The minimum atomic E-state index is 0.947. The zero-order valence-corrected chi connectivity index (χ0v) is 8.07. The Hall–Kier alpha value is -1.44. The van der Waals surface area contributed by atoms with Crippen LogP contribution < -0.4 is 10.6 Å². The van der Waals surface area contributed by atoms with Crippen LogP contribution in [-0.2, 0) is 0 Å². The van der Waals surface area contributed by atoms with Crippen LogP contribution >= 0.6 is 0 Å². The number of aromatic nitrogens is 2. The number of allylic oxidation sites excluding steroid dienone is 2. The van der Waals surface area contributed by atoms with Gasteiger partial charge in [0, 0.05) is 5.22 Å². The Morgan fingerprint density at radius 2 is 2.15 bits per heavy atom. The molecule has 0 unspecified atom stereocenters. The third kappa shape index (κ3) is 2.51. The van der Waals surface area contributed by atoms with Gasteiger partial charge in [0.2, 0.25) is 0 Å². The van der Waals surface area contributed by atoms with Crippen molar-refractivity contribution in [1.82, 2.24) is 10.2 Å². The van der Waals surface area contributed by atoms with Crippen molar-refractivity contribution in [3.05, 3.63) is 35.0 Å². The Morgan fingerprint density at radius 1 is 1.31 bits per heavy atom. The molecule has 2 rings (SSSR count). The van der Waals surface area contributed by atoms with Crippen molar-refractivity contribution in [2.45, 2.75) is 20.3 Å². The van der Waals surface area contributed by atoms with E-state index in [-0.39, 0.29) is 0 Å². The smallest absolute Gasteiger partial charge is 0.0892 e. The molecular weight excluding hydrogens is 160 g/mol. The summed E-state index contributed by atoms with van der Waals surface area (Å²) in [6.07, 6.45) is 10.9. The van der Waals surface area contributed by atoms with Crippen LogP contribution in [0.15, 0.2) is 24.4 Å². The van der Waals surface area contributed by atoms with Gasteiger partial charge >= 0.3 is 0 Å². The van der Waals surface area contributed by atoms with Gasteiger partial charge in [-0.3, -0.25) is 0 Å². The maximum atomic E-state index is 4.00. The Balaban J connectivity index is 0.000000396. The van der Waals surface area contributed by atoms with Gasteiger partial charge in [0.25, 0.3) is 0 Å². The Bertz CT molecular complexity index is 391. The van der Waals surface area contributed by atoms with Crippen LogP contribution in [0.3, 0.4) is 0 Å². The lowest BCUT2D eigenvalue weighted by atomic mass is 10.3. The molecule has 0 atom stereocenters. The Labute approximate surface area is 78.3 Å². The van der Waals surface area contributed by atoms with Gasteiger partial charge in [-0.25, -0.2) is 0 Å². The second-order valence-corrected chi connectivity index (χ2v) is 2.41. The van der Waals surface area contributed by atoms with Gasteiger partial charge in [-0.15, -0.1) is 0 Å². The van der Waals surface area contributed by atoms with Crippen LogP contribution in [0.4, 0.5) is 0 Å². The zero-order valence-electron chi connectivity index (χ0n) is 8.07. The third-order valence-electron chi connectivity index (χ3n) is 1.64. The summed E-state index contributed by atoms with van der Waals surface area (Å²) in [6, 6.07) is 1.97. The molecule has 0 N–H and O–H groups in total. The molecule has 0 spiro atoms. The largest absolute Gasteiger partial charge is 0.159 e. The van der Waals surface area contributed by atoms with E-state index < -0.39 is 0 Å². The molecule has 2 heteroatoms. The van der Waals surface area contributed by atoms with Crippen LogP contribution in [0.5, 0.6) is 0 Å². The van der Waals surface area contributed by atoms with Gasteiger partial charge < -0.3 is 0 Å². The number of rotatable bonds is 0. The molecular formula is C11H14N2.